The summed E-state index contributed by atoms with van der Waals surface area (Å²) >= 11 is 1.28. The molecule has 10 heteroatoms. The van der Waals surface area contributed by atoms with E-state index in [1.807, 2.05) is 95.8 Å². The van der Waals surface area contributed by atoms with Crippen molar-refractivity contribution in [3.63, 3.8) is 0 Å². The zero-order valence-corrected chi connectivity index (χ0v) is 27.6. The van der Waals surface area contributed by atoms with Crippen molar-refractivity contribution < 1.29 is 19.0 Å². The van der Waals surface area contributed by atoms with Crippen LogP contribution in [0.15, 0.2) is 106 Å². The minimum atomic E-state index is -0.717. The lowest BCUT2D eigenvalue weighted by Gasteiger charge is -2.24. The zero-order chi connectivity index (χ0) is 32.9. The van der Waals surface area contributed by atoms with Crippen LogP contribution in [-0.2, 0) is 9.53 Å². The summed E-state index contributed by atoms with van der Waals surface area (Å²) in [4.78, 5) is 32.8. The van der Waals surface area contributed by atoms with Crippen molar-refractivity contribution in [1.29, 1.82) is 0 Å². The van der Waals surface area contributed by atoms with E-state index in [1.54, 1.807) is 25.5 Å². The maximum absolute atomic E-state index is 14.3. The quantitative estimate of drug-likeness (QED) is 0.132. The average Bonchev–Trinajstić information content (AvgIpc) is 3.65. The summed E-state index contributed by atoms with van der Waals surface area (Å²) in [5.74, 6) is 0.964. The van der Waals surface area contributed by atoms with Crippen LogP contribution in [0.4, 0.5) is 0 Å². The molecule has 0 aliphatic carbocycles. The van der Waals surface area contributed by atoms with E-state index in [-0.39, 0.29) is 12.2 Å². The number of hydrogen-bond acceptors (Lipinski definition) is 8. The highest BCUT2D eigenvalue weighted by atomic mass is 32.1. The van der Waals surface area contributed by atoms with Gasteiger partial charge >= 0.3 is 5.97 Å². The van der Waals surface area contributed by atoms with E-state index >= 15 is 0 Å². The van der Waals surface area contributed by atoms with E-state index in [1.165, 1.54) is 11.3 Å². The summed E-state index contributed by atoms with van der Waals surface area (Å²) in [5, 5.41) is 4.95. The van der Waals surface area contributed by atoms with Crippen molar-refractivity contribution in [2.75, 3.05) is 20.3 Å². The Kier molecular flexibility index (Phi) is 9.49. The Morgan fingerprint density at radius 1 is 0.979 bits per heavy atom. The van der Waals surface area contributed by atoms with Gasteiger partial charge in [0.15, 0.2) is 4.80 Å². The van der Waals surface area contributed by atoms with Crippen molar-refractivity contribution in [1.82, 2.24) is 14.3 Å². The normalized spacial score (nSPS) is 14.5. The molecule has 2 aromatic heterocycles. The molecule has 240 valence electrons. The number of benzene rings is 3. The second-order valence-corrected chi connectivity index (χ2v) is 12.0. The van der Waals surface area contributed by atoms with E-state index in [0.717, 1.165) is 46.7 Å². The standard InChI is InChI=1S/C37H36N4O5S/c1-5-7-21-46-30-19-13-25(14-20-30)33-27(23-40(39-33)28-11-9-8-10-12-28)22-31-35(42)41-34(26-15-17-29(44-4)18-16-26)32(36(43)45-6-2)24(3)38-37(41)47-31/h8-20,22-23,34H,5-7,21H2,1-4H3/b31-22-. The second-order valence-electron chi connectivity index (χ2n) is 11.0. The molecule has 1 unspecified atom stereocenters. The van der Waals surface area contributed by atoms with Gasteiger partial charge in [-0.1, -0.05) is 55.0 Å². The van der Waals surface area contributed by atoms with Gasteiger partial charge in [0.2, 0.25) is 0 Å². The van der Waals surface area contributed by atoms with Crippen LogP contribution in [0.5, 0.6) is 11.5 Å². The van der Waals surface area contributed by atoms with Gasteiger partial charge < -0.3 is 14.2 Å². The van der Waals surface area contributed by atoms with Crippen LogP contribution < -0.4 is 24.4 Å². The fraction of sp³-hybridized carbons (Fsp3) is 0.243. The lowest BCUT2D eigenvalue weighted by molar-refractivity contribution is -0.139. The minimum Gasteiger partial charge on any atom is -0.497 e. The number of para-hydroxylation sites is 1. The maximum atomic E-state index is 14.3. The van der Waals surface area contributed by atoms with Crippen LogP contribution >= 0.6 is 11.3 Å². The van der Waals surface area contributed by atoms with Gasteiger partial charge in [-0.2, -0.15) is 5.10 Å². The van der Waals surface area contributed by atoms with Gasteiger partial charge in [-0.15, -0.1) is 0 Å². The van der Waals surface area contributed by atoms with Crippen molar-refractivity contribution in [2.45, 2.75) is 39.7 Å². The number of nitrogens with zero attached hydrogens (tertiary/aromatic N) is 4. The Hall–Kier alpha value is -5.22. The number of carbonyl (C=O) groups is 1. The van der Waals surface area contributed by atoms with E-state index in [9.17, 15) is 9.59 Å². The fourth-order valence-corrected chi connectivity index (χ4v) is 6.55. The number of unbranched alkanes of at least 4 members (excludes halogenated alkanes) is 1. The molecule has 1 atom stereocenters. The first-order valence-electron chi connectivity index (χ1n) is 15.6. The Morgan fingerprint density at radius 2 is 1.70 bits per heavy atom. The molecule has 3 heterocycles. The number of fused-ring (bicyclic) bond motifs is 1. The summed E-state index contributed by atoms with van der Waals surface area (Å²) in [5.41, 5.74) is 4.58. The predicted molar refractivity (Wildman–Crippen MR) is 183 cm³/mol. The Labute approximate surface area is 276 Å². The van der Waals surface area contributed by atoms with Crippen LogP contribution in [0.25, 0.3) is 23.0 Å². The monoisotopic (exact) mass is 648 g/mol. The van der Waals surface area contributed by atoms with Crippen molar-refractivity contribution in [2.24, 2.45) is 4.99 Å². The molecular formula is C37H36N4O5S. The average molecular weight is 649 g/mol. The maximum Gasteiger partial charge on any atom is 0.338 e. The molecule has 5 aromatic rings. The van der Waals surface area contributed by atoms with Crippen LogP contribution in [0.3, 0.4) is 0 Å². The number of ether oxygens (including phenoxy) is 3. The van der Waals surface area contributed by atoms with Crippen LogP contribution in [0, 0.1) is 0 Å². The molecule has 1 aliphatic rings. The molecular weight excluding hydrogens is 612 g/mol. The predicted octanol–water partition coefficient (Wildman–Crippen LogP) is 5.84. The van der Waals surface area contributed by atoms with Gasteiger partial charge in [0.1, 0.15) is 17.2 Å². The summed E-state index contributed by atoms with van der Waals surface area (Å²) in [6.45, 7) is 6.53. The van der Waals surface area contributed by atoms with Gasteiger partial charge in [0, 0.05) is 17.3 Å². The Morgan fingerprint density at radius 3 is 2.38 bits per heavy atom. The lowest BCUT2D eigenvalue weighted by atomic mass is 9.96. The third-order valence-electron chi connectivity index (χ3n) is 7.89. The highest BCUT2D eigenvalue weighted by Crippen LogP contribution is 2.32. The minimum absolute atomic E-state index is 0.204. The number of esters is 1. The first kappa shape index (κ1) is 31.7. The molecule has 0 spiro atoms. The summed E-state index contributed by atoms with van der Waals surface area (Å²) < 4.78 is 20.5. The Bertz CT molecular complexity index is 2090. The summed E-state index contributed by atoms with van der Waals surface area (Å²) in [6, 6.07) is 24.3. The van der Waals surface area contributed by atoms with E-state index in [2.05, 4.69) is 6.92 Å². The van der Waals surface area contributed by atoms with Gasteiger partial charge in [0.05, 0.1) is 47.9 Å². The first-order chi connectivity index (χ1) is 22.9. The van der Waals surface area contributed by atoms with Crippen LogP contribution in [0.1, 0.15) is 50.8 Å². The third kappa shape index (κ3) is 6.55. The SMILES string of the molecule is CCCCOc1ccc(-c2nn(-c3ccccc3)cc2/C=c2\sc3n(c2=O)C(c2ccc(OC)cc2)C(C(=O)OCC)=C(C)N=3)cc1. The number of rotatable bonds is 11. The Balaban J connectivity index is 1.49. The molecule has 0 amide bonds. The van der Waals surface area contributed by atoms with Gasteiger partial charge in [-0.25, -0.2) is 14.5 Å². The van der Waals surface area contributed by atoms with E-state index in [0.29, 0.717) is 33.0 Å². The zero-order valence-electron chi connectivity index (χ0n) is 26.8. The van der Waals surface area contributed by atoms with Crippen LogP contribution in [0.2, 0.25) is 0 Å². The fourth-order valence-electron chi connectivity index (χ4n) is 5.51. The molecule has 0 fully saturated rings. The second kappa shape index (κ2) is 14.0. The van der Waals surface area contributed by atoms with Crippen molar-refractivity contribution >= 4 is 23.4 Å². The number of thiazole rings is 1. The lowest BCUT2D eigenvalue weighted by Crippen LogP contribution is -2.39. The molecule has 9 nitrogen and oxygen atoms in total. The van der Waals surface area contributed by atoms with Crippen molar-refractivity contribution in [3.05, 3.63) is 127 Å². The molecule has 3 aromatic carbocycles. The third-order valence-corrected chi connectivity index (χ3v) is 8.88. The summed E-state index contributed by atoms with van der Waals surface area (Å²) in [7, 11) is 1.59. The molecule has 47 heavy (non-hydrogen) atoms. The highest BCUT2D eigenvalue weighted by Gasteiger charge is 2.33. The summed E-state index contributed by atoms with van der Waals surface area (Å²) in [6.07, 6.45) is 5.83. The number of methoxy groups -OCH3 is 1. The molecule has 1 aliphatic heterocycles. The van der Waals surface area contributed by atoms with Crippen LogP contribution in [-0.4, -0.2) is 40.6 Å². The number of aromatic nitrogens is 3. The number of carbonyl (C=O) groups excluding carboxylic acids is 1. The largest absolute Gasteiger partial charge is 0.497 e. The first-order valence-corrected chi connectivity index (χ1v) is 16.5. The molecule has 6 rings (SSSR count). The molecule has 0 N–H and O–H groups in total. The number of hydrogen-bond donors (Lipinski definition) is 0. The molecule has 0 saturated heterocycles. The van der Waals surface area contributed by atoms with Gasteiger partial charge in [-0.3, -0.25) is 9.36 Å². The van der Waals surface area contributed by atoms with Gasteiger partial charge in [0.25, 0.3) is 5.56 Å². The topological polar surface area (TPSA) is 96.9 Å². The highest BCUT2D eigenvalue weighted by molar-refractivity contribution is 7.07. The molecule has 0 saturated carbocycles. The smallest absolute Gasteiger partial charge is 0.338 e. The number of allylic oxidation sites excluding steroid dienone is 1. The molecule has 0 bridgehead atoms. The van der Waals surface area contributed by atoms with Gasteiger partial charge in [-0.05, 0) is 80.4 Å². The van der Waals surface area contributed by atoms with Crippen molar-refractivity contribution in [3.8, 4) is 28.4 Å². The van der Waals surface area contributed by atoms with E-state index in [4.69, 9.17) is 24.3 Å². The van der Waals surface area contributed by atoms with E-state index < -0.39 is 12.0 Å². The molecule has 0 radical (unpaired) electrons.